The lowest BCUT2D eigenvalue weighted by atomic mass is 10.2. The van der Waals surface area contributed by atoms with Gasteiger partial charge in [0, 0.05) is 18.8 Å². The Morgan fingerprint density at radius 3 is 2.68 bits per heavy atom. The average molecular weight is 382 g/mol. The molecule has 2 aromatic rings. The van der Waals surface area contributed by atoms with Crippen molar-refractivity contribution in [3.05, 3.63) is 69.9 Å². The summed E-state index contributed by atoms with van der Waals surface area (Å²) in [5, 5.41) is 25.5. The number of nitrogens with zero attached hydrogens (tertiary/aromatic N) is 2. The maximum absolute atomic E-state index is 12.3. The van der Waals surface area contributed by atoms with Crippen LogP contribution in [-0.2, 0) is 11.3 Å². The van der Waals surface area contributed by atoms with Crippen molar-refractivity contribution in [3.63, 3.8) is 0 Å². The molecule has 0 heterocycles. The average Bonchev–Trinajstić information content (AvgIpc) is 2.71. The lowest BCUT2D eigenvalue weighted by Gasteiger charge is -2.10. The SMILES string of the molecule is COc1cccc(CN/C=C(/C#N)C(=O)Nc2ccc([N+](=O)[O-])cc2OC)c1. The zero-order valence-electron chi connectivity index (χ0n) is 15.3. The van der Waals surface area contributed by atoms with Crippen molar-refractivity contribution < 1.29 is 19.2 Å². The third-order valence-corrected chi connectivity index (χ3v) is 3.70. The van der Waals surface area contributed by atoms with E-state index >= 15 is 0 Å². The Bertz CT molecular complexity index is 950. The molecule has 0 atom stereocenters. The minimum atomic E-state index is -0.673. The van der Waals surface area contributed by atoms with Crippen LogP contribution in [-0.4, -0.2) is 25.1 Å². The second-order valence-corrected chi connectivity index (χ2v) is 5.50. The molecule has 9 heteroatoms. The molecule has 0 unspecified atom stereocenters. The van der Waals surface area contributed by atoms with Gasteiger partial charge in [0.15, 0.2) is 0 Å². The number of anilines is 1. The summed E-state index contributed by atoms with van der Waals surface area (Å²) in [7, 11) is 2.89. The Balaban J connectivity index is 2.07. The fraction of sp³-hybridized carbons (Fsp3) is 0.158. The van der Waals surface area contributed by atoms with Gasteiger partial charge in [-0.15, -0.1) is 0 Å². The van der Waals surface area contributed by atoms with Crippen molar-refractivity contribution in [2.45, 2.75) is 6.54 Å². The number of nitro groups is 1. The molecule has 2 rings (SSSR count). The van der Waals surface area contributed by atoms with Crippen LogP contribution in [0.5, 0.6) is 11.5 Å². The molecule has 144 valence electrons. The first-order chi connectivity index (χ1) is 13.5. The van der Waals surface area contributed by atoms with Crippen LogP contribution >= 0.6 is 0 Å². The van der Waals surface area contributed by atoms with Gasteiger partial charge in [-0.2, -0.15) is 5.26 Å². The number of rotatable bonds is 8. The zero-order chi connectivity index (χ0) is 20.5. The predicted octanol–water partition coefficient (Wildman–Crippen LogP) is 2.75. The highest BCUT2D eigenvalue weighted by atomic mass is 16.6. The molecule has 0 aliphatic carbocycles. The van der Waals surface area contributed by atoms with Gasteiger partial charge in [-0.05, 0) is 23.8 Å². The minimum absolute atomic E-state index is 0.115. The van der Waals surface area contributed by atoms with Crippen molar-refractivity contribution >= 4 is 17.3 Å². The third-order valence-electron chi connectivity index (χ3n) is 3.70. The van der Waals surface area contributed by atoms with E-state index in [1.165, 1.54) is 31.5 Å². The highest BCUT2D eigenvalue weighted by Crippen LogP contribution is 2.29. The Hall–Kier alpha value is -4.06. The summed E-state index contributed by atoms with van der Waals surface area (Å²) in [6.45, 7) is 0.385. The van der Waals surface area contributed by atoms with Crippen molar-refractivity contribution in [2.24, 2.45) is 0 Å². The third kappa shape index (κ3) is 5.22. The number of nitriles is 1. The number of benzene rings is 2. The maximum atomic E-state index is 12.3. The molecular formula is C19H18N4O5. The lowest BCUT2D eigenvalue weighted by molar-refractivity contribution is -0.384. The zero-order valence-corrected chi connectivity index (χ0v) is 15.3. The van der Waals surface area contributed by atoms with Crippen LogP contribution in [0.1, 0.15) is 5.56 Å². The van der Waals surface area contributed by atoms with Crippen LogP contribution in [0, 0.1) is 21.4 Å². The summed E-state index contributed by atoms with van der Waals surface area (Å²) in [6.07, 6.45) is 1.30. The monoisotopic (exact) mass is 382 g/mol. The number of ether oxygens (including phenoxy) is 2. The number of methoxy groups -OCH3 is 2. The van der Waals surface area contributed by atoms with E-state index in [2.05, 4.69) is 10.6 Å². The number of amides is 1. The summed E-state index contributed by atoms with van der Waals surface area (Å²) in [5.41, 5.74) is 0.784. The lowest BCUT2D eigenvalue weighted by Crippen LogP contribution is -2.17. The van der Waals surface area contributed by atoms with Crippen LogP contribution in [0.2, 0.25) is 0 Å². The van der Waals surface area contributed by atoms with E-state index < -0.39 is 10.8 Å². The number of non-ortho nitro benzene ring substituents is 1. The van der Waals surface area contributed by atoms with Gasteiger partial charge in [0.2, 0.25) is 0 Å². The minimum Gasteiger partial charge on any atom is -0.497 e. The molecule has 0 radical (unpaired) electrons. The summed E-state index contributed by atoms with van der Waals surface area (Å²) in [5.74, 6) is 0.142. The molecule has 9 nitrogen and oxygen atoms in total. The number of hydrogen-bond donors (Lipinski definition) is 2. The van der Waals surface area contributed by atoms with Gasteiger partial charge in [0.25, 0.3) is 11.6 Å². The van der Waals surface area contributed by atoms with E-state index in [9.17, 15) is 20.2 Å². The van der Waals surface area contributed by atoms with Gasteiger partial charge in [0.05, 0.1) is 30.9 Å². The van der Waals surface area contributed by atoms with Crippen LogP contribution in [0.25, 0.3) is 0 Å². The van der Waals surface area contributed by atoms with Gasteiger partial charge < -0.3 is 20.1 Å². The van der Waals surface area contributed by atoms with Crippen LogP contribution in [0.15, 0.2) is 54.2 Å². The molecule has 0 saturated heterocycles. The Morgan fingerprint density at radius 2 is 2.04 bits per heavy atom. The van der Waals surface area contributed by atoms with E-state index in [1.54, 1.807) is 7.11 Å². The Morgan fingerprint density at radius 1 is 1.25 bits per heavy atom. The molecule has 1 amide bonds. The van der Waals surface area contributed by atoms with E-state index in [4.69, 9.17) is 9.47 Å². The van der Waals surface area contributed by atoms with E-state index in [0.29, 0.717) is 12.3 Å². The smallest absolute Gasteiger partial charge is 0.273 e. The molecular weight excluding hydrogens is 364 g/mol. The molecule has 0 fully saturated rings. The summed E-state index contributed by atoms with van der Waals surface area (Å²) in [4.78, 5) is 22.6. The second-order valence-electron chi connectivity index (χ2n) is 5.50. The Kier molecular flexibility index (Phi) is 6.93. The predicted molar refractivity (Wildman–Crippen MR) is 102 cm³/mol. The maximum Gasteiger partial charge on any atom is 0.273 e. The second kappa shape index (κ2) is 9.59. The summed E-state index contributed by atoms with van der Waals surface area (Å²) < 4.78 is 10.2. The fourth-order valence-corrected chi connectivity index (χ4v) is 2.29. The van der Waals surface area contributed by atoms with Crippen LogP contribution in [0.3, 0.4) is 0 Å². The normalized spacial score (nSPS) is 10.5. The highest BCUT2D eigenvalue weighted by Gasteiger charge is 2.15. The van der Waals surface area contributed by atoms with Crippen LogP contribution < -0.4 is 20.1 Å². The van der Waals surface area contributed by atoms with Gasteiger partial charge in [-0.3, -0.25) is 14.9 Å². The number of nitrogens with one attached hydrogen (secondary N) is 2. The van der Waals surface area contributed by atoms with Crippen LogP contribution in [0.4, 0.5) is 11.4 Å². The first-order valence-corrected chi connectivity index (χ1v) is 8.09. The molecule has 28 heavy (non-hydrogen) atoms. The topological polar surface area (TPSA) is 127 Å². The number of nitro benzene ring substituents is 1. The van der Waals surface area contributed by atoms with E-state index in [-0.39, 0.29) is 22.7 Å². The van der Waals surface area contributed by atoms with Crippen molar-refractivity contribution in [3.8, 4) is 17.6 Å². The first-order valence-electron chi connectivity index (χ1n) is 8.09. The molecule has 2 aromatic carbocycles. The van der Waals surface area contributed by atoms with Crippen molar-refractivity contribution in [2.75, 3.05) is 19.5 Å². The summed E-state index contributed by atoms with van der Waals surface area (Å²) in [6, 6.07) is 12.9. The molecule has 0 spiro atoms. The van der Waals surface area contributed by atoms with Gasteiger partial charge in [-0.1, -0.05) is 12.1 Å². The quantitative estimate of drug-likeness (QED) is 0.311. The standard InChI is InChI=1S/C19H18N4O5/c1-27-16-5-3-4-13(8-16)11-21-12-14(10-20)19(24)22-17-7-6-15(23(25)26)9-18(17)28-2/h3-9,12,21H,11H2,1-2H3,(H,22,24)/b14-12-. The number of carbonyl (C=O) groups is 1. The van der Waals surface area contributed by atoms with Crippen molar-refractivity contribution in [1.82, 2.24) is 5.32 Å². The van der Waals surface area contributed by atoms with Gasteiger partial charge >= 0.3 is 0 Å². The molecule has 0 aliphatic heterocycles. The summed E-state index contributed by atoms with van der Waals surface area (Å²) >= 11 is 0. The van der Waals surface area contributed by atoms with Gasteiger partial charge in [0.1, 0.15) is 23.1 Å². The Labute approximate surface area is 161 Å². The molecule has 0 saturated carbocycles. The van der Waals surface area contributed by atoms with Gasteiger partial charge in [-0.25, -0.2) is 0 Å². The largest absolute Gasteiger partial charge is 0.497 e. The number of carbonyl (C=O) groups excluding carboxylic acids is 1. The molecule has 0 aliphatic rings. The highest BCUT2D eigenvalue weighted by molar-refractivity contribution is 6.07. The molecule has 0 aromatic heterocycles. The van der Waals surface area contributed by atoms with E-state index in [0.717, 1.165) is 5.56 Å². The molecule has 2 N–H and O–H groups in total. The van der Waals surface area contributed by atoms with Crippen molar-refractivity contribution in [1.29, 1.82) is 5.26 Å². The molecule has 0 bridgehead atoms. The van der Waals surface area contributed by atoms with E-state index in [1.807, 2.05) is 30.3 Å². The first kappa shape index (κ1) is 20.3. The number of hydrogen-bond acceptors (Lipinski definition) is 7. The fourth-order valence-electron chi connectivity index (χ4n) is 2.29.